The van der Waals surface area contributed by atoms with Gasteiger partial charge in [-0.25, -0.2) is 9.98 Å². The highest BCUT2D eigenvalue weighted by Crippen LogP contribution is 2.35. The molecule has 0 saturated heterocycles. The Labute approximate surface area is 77.7 Å². The standard InChI is InChI=1S/C9H14N4/c1-3-7-6-4-5-11-9(6,2)13-8(10)12-7/h5-6H,3-4H2,1-2H3,(H2,10,13). The normalized spacial score (nSPS) is 36.9. The fourth-order valence-corrected chi connectivity index (χ4v) is 2.02. The van der Waals surface area contributed by atoms with E-state index < -0.39 is 0 Å². The first-order valence-corrected chi connectivity index (χ1v) is 4.62. The minimum atomic E-state index is -0.364. The maximum absolute atomic E-state index is 5.63. The molecule has 0 bridgehead atoms. The Balaban J connectivity index is 2.41. The van der Waals surface area contributed by atoms with Crippen LogP contribution in [0.2, 0.25) is 0 Å². The van der Waals surface area contributed by atoms with Crippen molar-refractivity contribution in [3.63, 3.8) is 0 Å². The zero-order valence-corrected chi connectivity index (χ0v) is 7.99. The van der Waals surface area contributed by atoms with E-state index in [4.69, 9.17) is 5.73 Å². The van der Waals surface area contributed by atoms with Crippen LogP contribution in [-0.2, 0) is 0 Å². The third kappa shape index (κ3) is 1.17. The predicted molar refractivity (Wildman–Crippen MR) is 54.4 cm³/mol. The number of fused-ring (bicyclic) bond motifs is 1. The lowest BCUT2D eigenvalue weighted by Gasteiger charge is -2.29. The fourth-order valence-electron chi connectivity index (χ4n) is 2.02. The van der Waals surface area contributed by atoms with Gasteiger partial charge in [0.15, 0.2) is 5.66 Å². The maximum Gasteiger partial charge on any atom is 0.217 e. The third-order valence-corrected chi connectivity index (χ3v) is 2.72. The molecule has 13 heavy (non-hydrogen) atoms. The maximum atomic E-state index is 5.63. The molecule has 0 fully saturated rings. The molecule has 0 aromatic carbocycles. The first kappa shape index (κ1) is 8.41. The predicted octanol–water partition coefficient (Wildman–Crippen LogP) is 0.973. The number of hydrogen-bond acceptors (Lipinski definition) is 4. The molecule has 4 heteroatoms. The van der Waals surface area contributed by atoms with Crippen LogP contribution >= 0.6 is 0 Å². The van der Waals surface area contributed by atoms with Gasteiger partial charge < -0.3 is 5.73 Å². The zero-order chi connectivity index (χ0) is 9.47. The van der Waals surface area contributed by atoms with E-state index in [2.05, 4.69) is 21.9 Å². The smallest absolute Gasteiger partial charge is 0.217 e. The lowest BCUT2D eigenvalue weighted by Crippen LogP contribution is -2.39. The summed E-state index contributed by atoms with van der Waals surface area (Å²) in [4.78, 5) is 12.9. The van der Waals surface area contributed by atoms with Crippen LogP contribution in [0.5, 0.6) is 0 Å². The Hall–Kier alpha value is -1.19. The van der Waals surface area contributed by atoms with Crippen LogP contribution in [0.1, 0.15) is 26.7 Å². The van der Waals surface area contributed by atoms with Crippen LogP contribution in [0.3, 0.4) is 0 Å². The summed E-state index contributed by atoms with van der Waals surface area (Å²) in [6.07, 6.45) is 3.80. The van der Waals surface area contributed by atoms with Crippen molar-refractivity contribution < 1.29 is 0 Å². The van der Waals surface area contributed by atoms with Crippen molar-refractivity contribution in [3.05, 3.63) is 0 Å². The van der Waals surface area contributed by atoms with Gasteiger partial charge in [0.05, 0.1) is 0 Å². The summed E-state index contributed by atoms with van der Waals surface area (Å²) in [5.41, 5.74) is 6.40. The number of aliphatic imine (C=N–C) groups is 3. The van der Waals surface area contributed by atoms with Crippen molar-refractivity contribution in [2.45, 2.75) is 32.4 Å². The Morgan fingerprint density at radius 3 is 3.15 bits per heavy atom. The third-order valence-electron chi connectivity index (χ3n) is 2.72. The average molecular weight is 178 g/mol. The van der Waals surface area contributed by atoms with E-state index in [9.17, 15) is 0 Å². The molecule has 0 saturated carbocycles. The molecule has 2 heterocycles. The second-order valence-corrected chi connectivity index (χ2v) is 3.62. The average Bonchev–Trinajstić information content (AvgIpc) is 2.44. The summed E-state index contributed by atoms with van der Waals surface area (Å²) >= 11 is 0. The SMILES string of the molecule is CCC1=NC(N)=NC2(C)N=CCC12. The number of rotatable bonds is 1. The van der Waals surface area contributed by atoms with Crippen molar-refractivity contribution in [3.8, 4) is 0 Å². The van der Waals surface area contributed by atoms with Crippen LogP contribution in [0, 0.1) is 5.92 Å². The van der Waals surface area contributed by atoms with Gasteiger partial charge in [-0.2, -0.15) is 0 Å². The number of hydrogen-bond donors (Lipinski definition) is 1. The lowest BCUT2D eigenvalue weighted by molar-refractivity contribution is 0.417. The van der Waals surface area contributed by atoms with Crippen molar-refractivity contribution in [2.24, 2.45) is 26.6 Å². The molecule has 0 amide bonds. The van der Waals surface area contributed by atoms with E-state index in [1.165, 1.54) is 0 Å². The molecule has 2 atom stereocenters. The van der Waals surface area contributed by atoms with E-state index in [0.717, 1.165) is 18.6 Å². The second kappa shape index (κ2) is 2.65. The zero-order valence-electron chi connectivity index (χ0n) is 7.99. The lowest BCUT2D eigenvalue weighted by atomic mass is 9.88. The minimum Gasteiger partial charge on any atom is -0.368 e. The van der Waals surface area contributed by atoms with Gasteiger partial charge in [0.2, 0.25) is 5.96 Å². The van der Waals surface area contributed by atoms with Gasteiger partial charge in [-0.1, -0.05) is 6.92 Å². The summed E-state index contributed by atoms with van der Waals surface area (Å²) < 4.78 is 0. The number of guanidine groups is 1. The van der Waals surface area contributed by atoms with Crippen LogP contribution in [0.15, 0.2) is 15.0 Å². The molecule has 2 aliphatic rings. The van der Waals surface area contributed by atoms with Gasteiger partial charge in [-0.05, 0) is 19.8 Å². The second-order valence-electron chi connectivity index (χ2n) is 3.62. The molecule has 0 aromatic heterocycles. The first-order chi connectivity index (χ1) is 6.15. The van der Waals surface area contributed by atoms with E-state index in [1.807, 2.05) is 13.1 Å². The van der Waals surface area contributed by atoms with Crippen LogP contribution in [0.25, 0.3) is 0 Å². The highest BCUT2D eigenvalue weighted by atomic mass is 15.2. The van der Waals surface area contributed by atoms with E-state index in [-0.39, 0.29) is 5.66 Å². The molecule has 2 rings (SSSR count). The van der Waals surface area contributed by atoms with Crippen LogP contribution in [0.4, 0.5) is 0 Å². The van der Waals surface area contributed by atoms with Crippen LogP contribution < -0.4 is 5.73 Å². The minimum absolute atomic E-state index is 0.338. The monoisotopic (exact) mass is 178 g/mol. The largest absolute Gasteiger partial charge is 0.368 e. The molecule has 70 valence electrons. The molecule has 0 aliphatic carbocycles. The van der Waals surface area contributed by atoms with Gasteiger partial charge in [-0.15, -0.1) is 0 Å². The molecule has 2 unspecified atom stereocenters. The van der Waals surface area contributed by atoms with E-state index in [1.54, 1.807) is 0 Å². The van der Waals surface area contributed by atoms with Crippen molar-refractivity contribution in [2.75, 3.05) is 0 Å². The Morgan fingerprint density at radius 2 is 2.46 bits per heavy atom. The quantitative estimate of drug-likeness (QED) is 0.639. The topological polar surface area (TPSA) is 63.1 Å². The van der Waals surface area contributed by atoms with Gasteiger partial charge >= 0.3 is 0 Å². The van der Waals surface area contributed by atoms with Crippen molar-refractivity contribution in [1.82, 2.24) is 0 Å². The summed E-state index contributed by atoms with van der Waals surface area (Å²) in [5, 5.41) is 0. The van der Waals surface area contributed by atoms with E-state index in [0.29, 0.717) is 11.9 Å². The Kier molecular flexibility index (Phi) is 1.71. The molecule has 0 spiro atoms. The number of nitrogens with two attached hydrogens (primary N) is 1. The Morgan fingerprint density at radius 1 is 1.69 bits per heavy atom. The van der Waals surface area contributed by atoms with Gasteiger partial charge in [-0.3, -0.25) is 4.99 Å². The number of nitrogens with zero attached hydrogens (tertiary/aromatic N) is 3. The molecular formula is C9H14N4. The molecule has 4 nitrogen and oxygen atoms in total. The molecule has 2 aliphatic heterocycles. The molecule has 0 aromatic rings. The summed E-state index contributed by atoms with van der Waals surface area (Å²) in [6.45, 7) is 4.11. The molecule has 0 radical (unpaired) electrons. The summed E-state index contributed by atoms with van der Waals surface area (Å²) in [5.74, 6) is 0.708. The van der Waals surface area contributed by atoms with Gasteiger partial charge in [0.25, 0.3) is 0 Å². The molecular weight excluding hydrogens is 164 g/mol. The van der Waals surface area contributed by atoms with Crippen molar-refractivity contribution in [1.29, 1.82) is 0 Å². The molecule has 2 N–H and O–H groups in total. The highest BCUT2D eigenvalue weighted by molar-refractivity contribution is 6.02. The summed E-state index contributed by atoms with van der Waals surface area (Å²) in [6, 6.07) is 0. The highest BCUT2D eigenvalue weighted by Gasteiger charge is 2.41. The fraction of sp³-hybridized carbons (Fsp3) is 0.667. The Bertz CT molecular complexity index is 316. The van der Waals surface area contributed by atoms with E-state index >= 15 is 0 Å². The van der Waals surface area contributed by atoms with Gasteiger partial charge in [0.1, 0.15) is 0 Å². The summed E-state index contributed by atoms with van der Waals surface area (Å²) in [7, 11) is 0. The van der Waals surface area contributed by atoms with Gasteiger partial charge in [0, 0.05) is 17.8 Å². The first-order valence-electron chi connectivity index (χ1n) is 4.62. The van der Waals surface area contributed by atoms with Crippen molar-refractivity contribution >= 4 is 17.9 Å². The van der Waals surface area contributed by atoms with Crippen LogP contribution in [-0.4, -0.2) is 23.5 Å².